The smallest absolute Gasteiger partial charge is 0.490 e. The minimum atomic E-state index is -5.08. The highest BCUT2D eigenvalue weighted by Gasteiger charge is 2.70. The molecule has 0 unspecified atom stereocenters. The van der Waals surface area contributed by atoms with Gasteiger partial charge in [-0.05, 0) is 31.5 Å². The van der Waals surface area contributed by atoms with Crippen molar-refractivity contribution in [2.24, 2.45) is 0 Å². The van der Waals surface area contributed by atoms with Crippen LogP contribution < -0.4 is 4.74 Å². The molecule has 36 heavy (non-hydrogen) atoms. The van der Waals surface area contributed by atoms with Gasteiger partial charge in [0.05, 0.1) is 19.9 Å². The van der Waals surface area contributed by atoms with E-state index in [0.29, 0.717) is 12.3 Å². The van der Waals surface area contributed by atoms with Gasteiger partial charge in [-0.25, -0.2) is 13.6 Å². The van der Waals surface area contributed by atoms with Gasteiger partial charge in [0.1, 0.15) is 5.75 Å². The molecule has 1 aromatic heterocycles. The van der Waals surface area contributed by atoms with Gasteiger partial charge < -0.3 is 14.7 Å². The van der Waals surface area contributed by atoms with Crippen LogP contribution in [0.3, 0.4) is 0 Å². The monoisotopic (exact) mass is 518 g/mol. The van der Waals surface area contributed by atoms with Crippen LogP contribution >= 0.6 is 0 Å². The molecule has 8 nitrogen and oxygen atoms in total. The minimum absolute atomic E-state index is 0.114. The molecule has 0 saturated carbocycles. The van der Waals surface area contributed by atoms with Crippen LogP contribution in [0.15, 0.2) is 36.7 Å². The van der Waals surface area contributed by atoms with Gasteiger partial charge in [0, 0.05) is 44.0 Å². The third-order valence-corrected chi connectivity index (χ3v) is 6.03. The topological polar surface area (TPSA) is 87.9 Å². The number of likely N-dealkylation sites (tertiary alicyclic amines) is 2. The fourth-order valence-corrected chi connectivity index (χ4v) is 4.28. The Labute approximate surface area is 204 Å². The SMILES string of the molecule is COc1cccc(CN2C[C@@]3(F)CN(Cc4cnn(C(C)C)c4)C[C@@]3(F)C2=O)c1.O=C(O)C(F)(F)F. The Bertz CT molecular complexity index is 1110. The molecule has 2 atom stereocenters. The minimum Gasteiger partial charge on any atom is -0.497 e. The van der Waals surface area contributed by atoms with Crippen molar-refractivity contribution in [1.82, 2.24) is 19.6 Å². The lowest BCUT2D eigenvalue weighted by Crippen LogP contribution is -2.47. The Balaban J connectivity index is 0.000000454. The second-order valence-corrected chi connectivity index (χ2v) is 9.15. The van der Waals surface area contributed by atoms with Crippen molar-refractivity contribution in [3.05, 3.63) is 47.8 Å². The molecule has 198 valence electrons. The van der Waals surface area contributed by atoms with Gasteiger partial charge in [-0.1, -0.05) is 12.1 Å². The summed E-state index contributed by atoms with van der Waals surface area (Å²) in [6.45, 7) is 3.95. The number of nitrogens with zero attached hydrogens (tertiary/aromatic N) is 4. The first-order valence-electron chi connectivity index (χ1n) is 11.0. The van der Waals surface area contributed by atoms with Gasteiger partial charge in [-0.2, -0.15) is 18.3 Å². The molecule has 1 N–H and O–H groups in total. The fraction of sp³-hybridized carbons (Fsp3) is 0.522. The number of amides is 1. The Morgan fingerprint density at radius 1 is 1.17 bits per heavy atom. The van der Waals surface area contributed by atoms with Crippen molar-refractivity contribution < 1.29 is 41.4 Å². The van der Waals surface area contributed by atoms with E-state index in [1.54, 1.807) is 36.4 Å². The number of aromatic nitrogens is 2. The van der Waals surface area contributed by atoms with E-state index >= 15 is 8.78 Å². The van der Waals surface area contributed by atoms with E-state index in [0.717, 1.165) is 11.1 Å². The highest BCUT2D eigenvalue weighted by atomic mass is 19.4. The van der Waals surface area contributed by atoms with E-state index in [9.17, 15) is 18.0 Å². The average molecular weight is 518 g/mol. The third kappa shape index (κ3) is 5.61. The molecule has 1 amide bonds. The fourth-order valence-electron chi connectivity index (χ4n) is 4.28. The summed E-state index contributed by atoms with van der Waals surface area (Å²) in [4.78, 5) is 24.6. The molecule has 2 fully saturated rings. The number of ether oxygens (including phenoxy) is 1. The van der Waals surface area contributed by atoms with Crippen molar-refractivity contribution in [3.8, 4) is 5.75 Å². The number of hydrogen-bond donors (Lipinski definition) is 1. The van der Waals surface area contributed by atoms with Gasteiger partial charge in [0.25, 0.3) is 5.91 Å². The molecule has 0 aliphatic carbocycles. The molecule has 3 heterocycles. The van der Waals surface area contributed by atoms with Crippen molar-refractivity contribution in [3.63, 3.8) is 0 Å². The van der Waals surface area contributed by atoms with E-state index < -0.39 is 29.4 Å². The van der Waals surface area contributed by atoms with Crippen LogP contribution in [0.25, 0.3) is 0 Å². The molecule has 0 radical (unpaired) electrons. The zero-order valence-corrected chi connectivity index (χ0v) is 19.9. The first kappa shape index (κ1) is 27.4. The van der Waals surface area contributed by atoms with E-state index in [1.165, 1.54) is 4.90 Å². The normalized spacial score (nSPS) is 24.0. The number of hydrogen-bond acceptors (Lipinski definition) is 5. The number of aliphatic carboxylic acids is 1. The van der Waals surface area contributed by atoms with E-state index in [-0.39, 0.29) is 32.2 Å². The molecule has 13 heteroatoms. The molecular formula is C23H27F5N4O4. The largest absolute Gasteiger partial charge is 0.497 e. The van der Waals surface area contributed by atoms with Crippen LogP contribution in [0.2, 0.25) is 0 Å². The van der Waals surface area contributed by atoms with E-state index in [4.69, 9.17) is 14.6 Å². The van der Waals surface area contributed by atoms with Gasteiger partial charge in [0.2, 0.25) is 5.67 Å². The number of fused-ring (bicyclic) bond motifs is 1. The average Bonchev–Trinajstić information content (AvgIpc) is 3.40. The van der Waals surface area contributed by atoms with E-state index in [1.807, 2.05) is 30.8 Å². The number of halogens is 5. The number of alkyl halides is 5. The van der Waals surface area contributed by atoms with Crippen molar-refractivity contribution in [2.75, 3.05) is 26.7 Å². The van der Waals surface area contributed by atoms with E-state index in [2.05, 4.69) is 5.10 Å². The Morgan fingerprint density at radius 2 is 1.83 bits per heavy atom. The molecule has 2 saturated heterocycles. The van der Waals surface area contributed by atoms with Crippen molar-refractivity contribution in [2.45, 2.75) is 50.5 Å². The Morgan fingerprint density at radius 3 is 2.36 bits per heavy atom. The maximum atomic E-state index is 15.6. The third-order valence-electron chi connectivity index (χ3n) is 6.03. The van der Waals surface area contributed by atoms with Gasteiger partial charge >= 0.3 is 12.1 Å². The summed E-state index contributed by atoms with van der Waals surface area (Å²) in [5, 5.41) is 11.4. The predicted molar refractivity (Wildman–Crippen MR) is 118 cm³/mol. The molecule has 2 aliphatic heterocycles. The quantitative estimate of drug-likeness (QED) is 0.590. The lowest BCUT2D eigenvalue weighted by atomic mass is 9.93. The Kier molecular flexibility index (Phi) is 7.63. The van der Waals surface area contributed by atoms with Crippen LogP contribution in [0.5, 0.6) is 5.75 Å². The number of rotatable bonds is 6. The highest BCUT2D eigenvalue weighted by molar-refractivity contribution is 5.90. The number of methoxy groups -OCH3 is 1. The van der Waals surface area contributed by atoms with Gasteiger partial charge in [0.15, 0.2) is 5.67 Å². The molecule has 4 rings (SSSR count). The zero-order valence-electron chi connectivity index (χ0n) is 19.9. The molecular weight excluding hydrogens is 491 g/mol. The number of carbonyl (C=O) groups is 2. The summed E-state index contributed by atoms with van der Waals surface area (Å²) >= 11 is 0. The number of benzene rings is 1. The van der Waals surface area contributed by atoms with Gasteiger partial charge in [-0.3, -0.25) is 14.4 Å². The Hall–Kier alpha value is -3.22. The van der Waals surface area contributed by atoms with Crippen LogP contribution in [0, 0.1) is 0 Å². The van der Waals surface area contributed by atoms with Crippen LogP contribution in [-0.4, -0.2) is 80.8 Å². The molecule has 0 bridgehead atoms. The standard InChI is InChI=1S/C21H26F2N4O2.C2HF3O2/c1-15(2)27-11-17(8-24-27)9-25-12-20(22)13-26(19(28)21(20,23)14-25)10-16-5-4-6-18(7-16)29-3;3-2(4,5)1(6)7/h4-8,11,15H,9-10,12-14H2,1-3H3;(H,6,7)/t20-,21+;/m0./s1. The predicted octanol–water partition coefficient (Wildman–Crippen LogP) is 3.38. The summed E-state index contributed by atoms with van der Waals surface area (Å²) < 4.78 is 69.9. The maximum absolute atomic E-state index is 15.6. The van der Waals surface area contributed by atoms with Crippen LogP contribution in [0.4, 0.5) is 22.0 Å². The second kappa shape index (κ2) is 10.0. The number of carboxylic acids is 1. The number of carbonyl (C=O) groups excluding carboxylic acids is 1. The van der Waals surface area contributed by atoms with Gasteiger partial charge in [-0.15, -0.1) is 0 Å². The van der Waals surface area contributed by atoms with Crippen molar-refractivity contribution in [1.29, 1.82) is 0 Å². The lowest BCUT2D eigenvalue weighted by Gasteiger charge is -2.22. The first-order chi connectivity index (χ1) is 16.7. The number of carboxylic acid groups (broad SMARTS) is 1. The summed E-state index contributed by atoms with van der Waals surface area (Å²) in [6, 6.07) is 7.39. The summed E-state index contributed by atoms with van der Waals surface area (Å²) in [5.74, 6) is -2.89. The van der Waals surface area contributed by atoms with Crippen LogP contribution in [-0.2, 0) is 22.7 Å². The molecule has 1 aromatic carbocycles. The zero-order chi connectivity index (χ0) is 26.9. The molecule has 2 aliphatic rings. The van der Waals surface area contributed by atoms with Crippen molar-refractivity contribution >= 4 is 11.9 Å². The first-order valence-corrected chi connectivity index (χ1v) is 11.0. The summed E-state index contributed by atoms with van der Waals surface area (Å²) in [7, 11) is 1.55. The molecule has 2 aromatic rings. The summed E-state index contributed by atoms with van der Waals surface area (Å²) in [5.41, 5.74) is -3.06. The second-order valence-electron chi connectivity index (χ2n) is 9.15. The summed E-state index contributed by atoms with van der Waals surface area (Å²) in [6.07, 6.45) is -1.49. The lowest BCUT2D eigenvalue weighted by molar-refractivity contribution is -0.192. The van der Waals surface area contributed by atoms with Crippen LogP contribution in [0.1, 0.15) is 31.0 Å². The highest BCUT2D eigenvalue weighted by Crippen LogP contribution is 2.46. The molecule has 0 spiro atoms. The maximum Gasteiger partial charge on any atom is 0.490 e.